The van der Waals surface area contributed by atoms with E-state index in [0.29, 0.717) is 12.4 Å². The Hall–Kier alpha value is -6.10. The average molecular weight is 1060 g/mol. The fourth-order valence-electron chi connectivity index (χ4n) is 9.96. The summed E-state index contributed by atoms with van der Waals surface area (Å²) >= 11 is 0. The number of aliphatic hydroxyl groups is 1. The van der Waals surface area contributed by atoms with Gasteiger partial charge in [-0.05, 0) is 64.9 Å². The van der Waals surface area contributed by atoms with Crippen molar-refractivity contribution in [2.45, 2.75) is 133 Å². The van der Waals surface area contributed by atoms with E-state index in [0.717, 1.165) is 38.9 Å². The second kappa shape index (κ2) is 29.2. The molecule has 2 fully saturated rings. The minimum atomic E-state index is -1.35. The zero-order valence-corrected chi connectivity index (χ0v) is 44.9. The third-order valence-electron chi connectivity index (χ3n) is 14.1. The summed E-state index contributed by atoms with van der Waals surface area (Å²) in [6.45, 7) is 5.77. The van der Waals surface area contributed by atoms with Crippen LogP contribution in [0.1, 0.15) is 59.2 Å². The van der Waals surface area contributed by atoms with Crippen molar-refractivity contribution < 1.29 is 57.2 Å². The SMILES string of the molecule is COc1ccc(CO[C@@H](C[C@@H]2O[C@H](COCc3ccccc3)[C@@H](OCc3ccccc3)[C@H](OCc3ccccc3)[C@H]2OCc2ccccc2)[C@@H](O)[C@@H](OCc2ccccc2)[C@H](OCc2ccccc2)[C@@H]2COC(C)(C)O2)cc1. The van der Waals surface area contributed by atoms with E-state index in [2.05, 4.69) is 0 Å². The van der Waals surface area contributed by atoms with Gasteiger partial charge in [0.05, 0.1) is 78.8 Å². The number of rotatable bonds is 29. The van der Waals surface area contributed by atoms with Gasteiger partial charge < -0.3 is 57.2 Å². The number of hydrogen-bond donors (Lipinski definition) is 1. The average Bonchev–Trinajstić information content (AvgIpc) is 3.96. The fraction of sp³-hybridized carbons (Fsp3) is 0.364. The molecular formula is C66H74O12. The zero-order chi connectivity index (χ0) is 53.8. The van der Waals surface area contributed by atoms with Crippen molar-refractivity contribution in [3.05, 3.63) is 245 Å². The smallest absolute Gasteiger partial charge is 0.163 e. The van der Waals surface area contributed by atoms with Gasteiger partial charge >= 0.3 is 0 Å². The van der Waals surface area contributed by atoms with Crippen molar-refractivity contribution in [3.63, 3.8) is 0 Å². The molecule has 0 saturated carbocycles. The van der Waals surface area contributed by atoms with Crippen LogP contribution in [0, 0.1) is 0 Å². The maximum Gasteiger partial charge on any atom is 0.163 e. The summed E-state index contributed by atoms with van der Waals surface area (Å²) in [5.74, 6) is -0.201. The lowest BCUT2D eigenvalue weighted by Gasteiger charge is -2.47. The summed E-state index contributed by atoms with van der Waals surface area (Å²) in [5, 5.41) is 13.5. The number of benzene rings is 7. The first-order chi connectivity index (χ1) is 38.3. The van der Waals surface area contributed by atoms with Gasteiger partial charge in [-0.1, -0.05) is 194 Å². The standard InChI is InChI=1S/C66H74O12/c1-66(2)76-47-59(78-66)63(73-43-51-28-16-7-17-29-51)64(74-44-52-30-18-8-19-31-52)60(67)56(70-40-54-34-36-55(68-3)37-35-54)38-57-61(71-41-49-24-12-5-13-25-49)65(75-45-53-32-20-9-21-33-53)62(72-42-50-26-14-6-15-27-50)58(77-57)46-69-39-48-22-10-4-11-23-48/h4-37,56-65,67H,38-47H2,1-3H3/t56-,57-,58+,59-,60+,61-,62+,63+,64+,65+/m0/s1. The van der Waals surface area contributed by atoms with Gasteiger partial charge in [-0.25, -0.2) is 0 Å². The normalized spacial score (nSPS) is 21.6. The third kappa shape index (κ3) is 16.7. The molecule has 0 aliphatic carbocycles. The first kappa shape index (κ1) is 56.6. The molecule has 12 nitrogen and oxygen atoms in total. The molecule has 10 atom stereocenters. The Balaban J connectivity index is 1.12. The quantitative estimate of drug-likeness (QED) is 0.0480. The molecule has 12 heteroatoms. The molecule has 2 saturated heterocycles. The highest BCUT2D eigenvalue weighted by Gasteiger charge is 2.51. The second-order valence-electron chi connectivity index (χ2n) is 20.3. The molecule has 2 aliphatic rings. The molecule has 0 aromatic heterocycles. The fourth-order valence-corrected chi connectivity index (χ4v) is 9.96. The van der Waals surface area contributed by atoms with E-state index in [9.17, 15) is 5.11 Å². The lowest BCUT2D eigenvalue weighted by molar-refractivity contribution is -0.280. The van der Waals surface area contributed by atoms with Crippen LogP contribution < -0.4 is 4.74 Å². The van der Waals surface area contributed by atoms with E-state index in [4.69, 9.17) is 52.1 Å². The van der Waals surface area contributed by atoms with Crippen LogP contribution in [0.25, 0.3) is 0 Å². The van der Waals surface area contributed by atoms with Gasteiger partial charge in [0.25, 0.3) is 0 Å². The minimum absolute atomic E-state index is 0.118. The molecule has 0 amide bonds. The predicted molar refractivity (Wildman–Crippen MR) is 297 cm³/mol. The molecule has 0 spiro atoms. The lowest BCUT2D eigenvalue weighted by Crippen LogP contribution is -2.62. The first-order valence-electron chi connectivity index (χ1n) is 27.1. The van der Waals surface area contributed by atoms with Crippen molar-refractivity contribution in [1.82, 2.24) is 0 Å². The number of aliphatic hydroxyl groups excluding tert-OH is 1. The Bertz CT molecular complexity index is 2740. The third-order valence-corrected chi connectivity index (χ3v) is 14.1. The Kier molecular flexibility index (Phi) is 21.2. The van der Waals surface area contributed by atoms with E-state index in [1.807, 2.05) is 220 Å². The molecule has 0 radical (unpaired) electrons. The van der Waals surface area contributed by atoms with Crippen molar-refractivity contribution >= 4 is 0 Å². The van der Waals surface area contributed by atoms with Crippen molar-refractivity contribution in [2.24, 2.45) is 0 Å². The van der Waals surface area contributed by atoms with Gasteiger partial charge in [0.1, 0.15) is 54.6 Å². The van der Waals surface area contributed by atoms with Gasteiger partial charge in [0.2, 0.25) is 0 Å². The van der Waals surface area contributed by atoms with E-state index in [1.165, 1.54) is 0 Å². The maximum atomic E-state index is 13.5. The largest absolute Gasteiger partial charge is 0.497 e. The summed E-state index contributed by atoms with van der Waals surface area (Å²) in [4.78, 5) is 0. The molecule has 2 aliphatic heterocycles. The highest BCUT2D eigenvalue weighted by Crippen LogP contribution is 2.36. The van der Waals surface area contributed by atoms with Gasteiger partial charge in [-0.2, -0.15) is 0 Å². The molecular weight excluding hydrogens is 985 g/mol. The topological polar surface area (TPSA) is 122 Å². The van der Waals surface area contributed by atoms with Crippen LogP contribution in [0.5, 0.6) is 5.75 Å². The monoisotopic (exact) mass is 1060 g/mol. The van der Waals surface area contributed by atoms with Crippen LogP contribution >= 0.6 is 0 Å². The Morgan fingerprint density at radius 1 is 0.474 bits per heavy atom. The molecule has 78 heavy (non-hydrogen) atoms. The molecule has 7 aromatic rings. The van der Waals surface area contributed by atoms with Crippen LogP contribution in [0.4, 0.5) is 0 Å². The van der Waals surface area contributed by atoms with Crippen LogP contribution in [0.15, 0.2) is 206 Å². The number of ether oxygens (including phenoxy) is 11. The van der Waals surface area contributed by atoms with Gasteiger partial charge in [-0.3, -0.25) is 0 Å². The van der Waals surface area contributed by atoms with Gasteiger partial charge in [0, 0.05) is 6.42 Å². The lowest BCUT2D eigenvalue weighted by atomic mass is 9.88. The van der Waals surface area contributed by atoms with E-state index in [-0.39, 0.29) is 59.3 Å². The number of hydrogen-bond acceptors (Lipinski definition) is 12. The Labute approximate surface area is 460 Å². The molecule has 2 heterocycles. The minimum Gasteiger partial charge on any atom is -0.497 e. The van der Waals surface area contributed by atoms with E-state index < -0.39 is 66.8 Å². The number of methoxy groups -OCH3 is 1. The van der Waals surface area contributed by atoms with Crippen LogP contribution in [0.2, 0.25) is 0 Å². The highest BCUT2D eigenvalue weighted by molar-refractivity contribution is 5.27. The Morgan fingerprint density at radius 2 is 0.885 bits per heavy atom. The summed E-state index contributed by atoms with van der Waals surface area (Å²) in [6.07, 6.45) is -8.28. The summed E-state index contributed by atoms with van der Waals surface area (Å²) in [5.41, 5.74) is 6.70. The van der Waals surface area contributed by atoms with Crippen molar-refractivity contribution in [3.8, 4) is 5.75 Å². The molecule has 1 N–H and O–H groups in total. The van der Waals surface area contributed by atoms with E-state index in [1.54, 1.807) is 7.11 Å². The molecule has 0 unspecified atom stereocenters. The summed E-state index contributed by atoms with van der Waals surface area (Å²) in [7, 11) is 1.64. The predicted octanol–water partition coefficient (Wildman–Crippen LogP) is 11.4. The highest BCUT2D eigenvalue weighted by atomic mass is 16.8. The van der Waals surface area contributed by atoms with Gasteiger partial charge in [-0.15, -0.1) is 0 Å². The maximum absolute atomic E-state index is 13.5. The van der Waals surface area contributed by atoms with Crippen LogP contribution in [-0.2, 0) is 93.6 Å². The summed E-state index contributed by atoms with van der Waals surface area (Å²) < 4.78 is 74.5. The van der Waals surface area contributed by atoms with E-state index >= 15 is 0 Å². The second-order valence-corrected chi connectivity index (χ2v) is 20.3. The van der Waals surface area contributed by atoms with Gasteiger partial charge in [0.15, 0.2) is 5.79 Å². The first-order valence-corrected chi connectivity index (χ1v) is 27.1. The van der Waals surface area contributed by atoms with Crippen LogP contribution in [0.3, 0.4) is 0 Å². The summed E-state index contributed by atoms with van der Waals surface area (Å²) in [6, 6.07) is 67.8. The molecule has 7 aromatic carbocycles. The molecule has 410 valence electrons. The Morgan fingerprint density at radius 3 is 1.35 bits per heavy atom. The van der Waals surface area contributed by atoms with Crippen molar-refractivity contribution in [2.75, 3.05) is 20.3 Å². The molecule has 9 rings (SSSR count). The zero-order valence-electron chi connectivity index (χ0n) is 44.9. The van der Waals surface area contributed by atoms with Crippen LogP contribution in [-0.4, -0.2) is 92.3 Å². The van der Waals surface area contributed by atoms with Crippen molar-refractivity contribution in [1.29, 1.82) is 0 Å². The molecule has 0 bridgehead atoms.